The number of guanidine groups is 2. The highest BCUT2D eigenvalue weighted by Crippen LogP contribution is 2.00. The second-order valence-electron chi connectivity index (χ2n) is 3.21. The molecular formula is C10H14N8. The number of nitrogens with two attached hydrogens (primary N) is 4. The van der Waals surface area contributed by atoms with Gasteiger partial charge in [-0.15, -0.1) is 10.2 Å². The van der Waals surface area contributed by atoms with Gasteiger partial charge in [0.1, 0.15) is 0 Å². The Hall–Kier alpha value is -2.90. The van der Waals surface area contributed by atoms with E-state index in [-0.39, 0.29) is 11.9 Å². The third-order valence-electron chi connectivity index (χ3n) is 1.70. The smallest absolute Gasteiger partial charge is 0.211 e. The highest BCUT2D eigenvalue weighted by Gasteiger charge is 1.89. The van der Waals surface area contributed by atoms with Crippen LogP contribution in [-0.4, -0.2) is 24.3 Å². The quantitative estimate of drug-likeness (QED) is 0.302. The van der Waals surface area contributed by atoms with Gasteiger partial charge >= 0.3 is 0 Å². The molecule has 0 aliphatic carbocycles. The van der Waals surface area contributed by atoms with E-state index in [1.165, 1.54) is 12.4 Å². The zero-order valence-corrected chi connectivity index (χ0v) is 9.56. The second kappa shape index (κ2) is 6.63. The normalized spacial score (nSPS) is 10.7. The van der Waals surface area contributed by atoms with Crippen LogP contribution in [0.4, 0.5) is 0 Å². The van der Waals surface area contributed by atoms with E-state index in [4.69, 9.17) is 22.9 Å². The van der Waals surface area contributed by atoms with Crippen molar-refractivity contribution in [3.05, 3.63) is 35.4 Å². The Morgan fingerprint density at radius 1 is 0.722 bits per heavy atom. The Kier molecular flexibility index (Phi) is 4.85. The molecule has 1 aromatic carbocycles. The first-order chi connectivity index (χ1) is 8.58. The summed E-state index contributed by atoms with van der Waals surface area (Å²) in [6.45, 7) is 0. The molecule has 0 unspecified atom stereocenters. The molecule has 8 nitrogen and oxygen atoms in total. The van der Waals surface area contributed by atoms with Gasteiger partial charge in [0.25, 0.3) is 0 Å². The van der Waals surface area contributed by atoms with Crippen LogP contribution in [-0.2, 0) is 0 Å². The van der Waals surface area contributed by atoms with Crippen molar-refractivity contribution >= 4 is 24.3 Å². The SMILES string of the molecule is NC(N)=N/N=C/c1ccc(/C=N/N=C(N)N)cc1. The van der Waals surface area contributed by atoms with Gasteiger partial charge in [0.05, 0.1) is 12.4 Å². The van der Waals surface area contributed by atoms with Crippen molar-refractivity contribution in [1.82, 2.24) is 0 Å². The Morgan fingerprint density at radius 3 is 1.33 bits per heavy atom. The zero-order chi connectivity index (χ0) is 13.4. The summed E-state index contributed by atoms with van der Waals surface area (Å²) in [6.07, 6.45) is 3.05. The topological polar surface area (TPSA) is 154 Å². The number of hydrogen-bond acceptors (Lipinski definition) is 4. The molecule has 0 spiro atoms. The lowest BCUT2D eigenvalue weighted by Crippen LogP contribution is -2.21. The lowest BCUT2D eigenvalue weighted by molar-refractivity contribution is 1.21. The number of rotatable bonds is 4. The minimum absolute atomic E-state index is 0.0905. The van der Waals surface area contributed by atoms with E-state index in [0.29, 0.717) is 0 Å². The average molecular weight is 246 g/mol. The fourth-order valence-corrected chi connectivity index (χ4v) is 0.993. The van der Waals surface area contributed by atoms with Gasteiger partial charge in [-0.3, -0.25) is 0 Å². The van der Waals surface area contributed by atoms with Gasteiger partial charge in [-0.1, -0.05) is 24.3 Å². The molecule has 0 aliphatic rings. The van der Waals surface area contributed by atoms with Gasteiger partial charge < -0.3 is 22.9 Å². The fraction of sp³-hybridized carbons (Fsp3) is 0. The standard InChI is InChI=1S/C10H14N8/c11-9(12)17-15-5-7-1-2-8(4-3-7)6-16-18-10(13)14/h1-6H,(H4,11,12,17)(H4,13,14,18)/b15-5+,16-6+. The Balaban J connectivity index is 2.69. The molecule has 0 bridgehead atoms. The molecule has 0 saturated heterocycles. The van der Waals surface area contributed by atoms with E-state index < -0.39 is 0 Å². The molecule has 8 N–H and O–H groups in total. The van der Waals surface area contributed by atoms with Crippen molar-refractivity contribution in [2.75, 3.05) is 0 Å². The highest BCUT2D eigenvalue weighted by atomic mass is 15.3. The number of benzene rings is 1. The van der Waals surface area contributed by atoms with Crippen LogP contribution in [0.5, 0.6) is 0 Å². The summed E-state index contributed by atoms with van der Waals surface area (Å²) in [5, 5.41) is 14.3. The van der Waals surface area contributed by atoms with Crippen molar-refractivity contribution in [3.63, 3.8) is 0 Å². The van der Waals surface area contributed by atoms with Gasteiger partial charge in [0.2, 0.25) is 11.9 Å². The van der Waals surface area contributed by atoms with E-state index >= 15 is 0 Å². The van der Waals surface area contributed by atoms with Gasteiger partial charge in [-0.2, -0.15) is 10.2 Å². The summed E-state index contributed by atoms with van der Waals surface area (Å²) in [4.78, 5) is 0. The van der Waals surface area contributed by atoms with Crippen LogP contribution in [0.15, 0.2) is 44.7 Å². The van der Waals surface area contributed by atoms with Gasteiger partial charge in [0.15, 0.2) is 0 Å². The molecule has 0 fully saturated rings. The summed E-state index contributed by atoms with van der Waals surface area (Å²) in [5.74, 6) is -0.181. The van der Waals surface area contributed by atoms with Crippen LogP contribution >= 0.6 is 0 Å². The van der Waals surface area contributed by atoms with Crippen LogP contribution in [0.1, 0.15) is 11.1 Å². The monoisotopic (exact) mass is 246 g/mol. The molecule has 0 saturated carbocycles. The first-order valence-electron chi connectivity index (χ1n) is 4.92. The van der Waals surface area contributed by atoms with E-state index in [0.717, 1.165) is 11.1 Å². The molecular weight excluding hydrogens is 232 g/mol. The van der Waals surface area contributed by atoms with Crippen molar-refractivity contribution in [3.8, 4) is 0 Å². The molecule has 8 heteroatoms. The molecule has 0 amide bonds. The van der Waals surface area contributed by atoms with Crippen molar-refractivity contribution in [2.24, 2.45) is 43.3 Å². The third kappa shape index (κ3) is 5.26. The lowest BCUT2D eigenvalue weighted by Gasteiger charge is -1.93. The Bertz CT molecular complexity index is 442. The highest BCUT2D eigenvalue weighted by molar-refractivity contribution is 5.85. The predicted molar refractivity (Wildman–Crippen MR) is 73.2 cm³/mol. The maximum absolute atomic E-state index is 5.12. The second-order valence-corrected chi connectivity index (χ2v) is 3.21. The molecule has 0 radical (unpaired) electrons. The van der Waals surface area contributed by atoms with Gasteiger partial charge in [-0.25, -0.2) is 0 Å². The van der Waals surface area contributed by atoms with Crippen LogP contribution in [0, 0.1) is 0 Å². The maximum atomic E-state index is 5.12. The van der Waals surface area contributed by atoms with Gasteiger partial charge in [0, 0.05) is 0 Å². The minimum atomic E-state index is -0.0905. The summed E-state index contributed by atoms with van der Waals surface area (Å²) in [5.41, 5.74) is 22.2. The molecule has 1 rings (SSSR count). The predicted octanol–water partition coefficient (Wildman–Crippen LogP) is -1.10. The van der Waals surface area contributed by atoms with Crippen LogP contribution in [0.2, 0.25) is 0 Å². The minimum Gasteiger partial charge on any atom is -0.369 e. The average Bonchev–Trinajstić information content (AvgIpc) is 2.30. The van der Waals surface area contributed by atoms with Crippen molar-refractivity contribution < 1.29 is 0 Å². The van der Waals surface area contributed by atoms with Crippen LogP contribution in [0.25, 0.3) is 0 Å². The van der Waals surface area contributed by atoms with Crippen LogP contribution < -0.4 is 22.9 Å². The van der Waals surface area contributed by atoms with E-state index in [1.54, 1.807) is 0 Å². The molecule has 0 atom stereocenters. The number of hydrogen-bond donors (Lipinski definition) is 4. The van der Waals surface area contributed by atoms with Crippen molar-refractivity contribution in [1.29, 1.82) is 0 Å². The van der Waals surface area contributed by atoms with E-state index in [1.807, 2.05) is 24.3 Å². The van der Waals surface area contributed by atoms with Gasteiger partial charge in [-0.05, 0) is 11.1 Å². The molecule has 18 heavy (non-hydrogen) atoms. The molecule has 0 heterocycles. The number of nitrogens with zero attached hydrogens (tertiary/aromatic N) is 4. The third-order valence-corrected chi connectivity index (χ3v) is 1.70. The first-order valence-corrected chi connectivity index (χ1v) is 4.92. The van der Waals surface area contributed by atoms with E-state index in [2.05, 4.69) is 20.4 Å². The van der Waals surface area contributed by atoms with E-state index in [9.17, 15) is 0 Å². The molecule has 94 valence electrons. The first kappa shape index (κ1) is 13.2. The summed E-state index contributed by atoms with van der Waals surface area (Å²) < 4.78 is 0. The fourth-order valence-electron chi connectivity index (χ4n) is 0.993. The molecule has 0 aliphatic heterocycles. The Labute approximate surface area is 104 Å². The van der Waals surface area contributed by atoms with Crippen LogP contribution in [0.3, 0.4) is 0 Å². The summed E-state index contributed by atoms with van der Waals surface area (Å²) in [7, 11) is 0. The summed E-state index contributed by atoms with van der Waals surface area (Å²) >= 11 is 0. The summed E-state index contributed by atoms with van der Waals surface area (Å²) in [6, 6.07) is 7.29. The Morgan fingerprint density at radius 2 is 1.06 bits per heavy atom. The lowest BCUT2D eigenvalue weighted by atomic mass is 10.2. The zero-order valence-electron chi connectivity index (χ0n) is 9.56. The maximum Gasteiger partial charge on any atom is 0.211 e. The van der Waals surface area contributed by atoms with Crippen molar-refractivity contribution in [2.45, 2.75) is 0 Å². The molecule has 0 aromatic heterocycles. The largest absolute Gasteiger partial charge is 0.369 e. The molecule has 1 aromatic rings.